The Labute approximate surface area is 161 Å². The smallest absolute Gasteiger partial charge is 0.263 e. The van der Waals surface area contributed by atoms with E-state index in [2.05, 4.69) is 23.4 Å². The molecule has 27 heavy (non-hydrogen) atoms. The van der Waals surface area contributed by atoms with Crippen molar-refractivity contribution in [1.29, 1.82) is 0 Å². The van der Waals surface area contributed by atoms with Crippen LogP contribution in [0.15, 0.2) is 36.7 Å². The number of aromatic nitrogens is 2. The number of amides is 1. The summed E-state index contributed by atoms with van der Waals surface area (Å²) in [6.07, 6.45) is 5.26. The summed E-state index contributed by atoms with van der Waals surface area (Å²) in [6, 6.07) is 7.74. The summed E-state index contributed by atoms with van der Waals surface area (Å²) in [5.41, 5.74) is 0. The summed E-state index contributed by atoms with van der Waals surface area (Å²) < 4.78 is 13.3. The average Bonchev–Trinajstić information content (AvgIpc) is 3.18. The van der Waals surface area contributed by atoms with Crippen molar-refractivity contribution in [2.45, 2.75) is 51.7 Å². The van der Waals surface area contributed by atoms with E-state index in [4.69, 9.17) is 9.47 Å². The minimum Gasteiger partial charge on any atom is -0.497 e. The maximum Gasteiger partial charge on any atom is 0.263 e. The molecule has 0 N–H and O–H groups in total. The van der Waals surface area contributed by atoms with Gasteiger partial charge < -0.3 is 18.9 Å². The van der Waals surface area contributed by atoms with Crippen molar-refractivity contribution < 1.29 is 14.3 Å². The second-order valence-corrected chi connectivity index (χ2v) is 7.33. The van der Waals surface area contributed by atoms with E-state index in [9.17, 15) is 4.79 Å². The molecule has 1 aromatic carbocycles. The first kappa shape index (κ1) is 19.3. The van der Waals surface area contributed by atoms with E-state index < -0.39 is 6.10 Å². The molecule has 146 valence electrons. The SMILES string of the molecule is COc1cccc(O[C@@H](C)C(=O)N2CCC(c3nccn3C(C)C)CC2)c1. The van der Waals surface area contributed by atoms with Crippen molar-refractivity contribution in [3.05, 3.63) is 42.5 Å². The fourth-order valence-corrected chi connectivity index (χ4v) is 3.62. The van der Waals surface area contributed by atoms with Crippen LogP contribution in [0.4, 0.5) is 0 Å². The molecular weight excluding hydrogens is 342 g/mol. The third-order valence-electron chi connectivity index (χ3n) is 5.13. The van der Waals surface area contributed by atoms with Crippen LogP contribution < -0.4 is 9.47 Å². The minimum absolute atomic E-state index is 0.0310. The van der Waals surface area contributed by atoms with Crippen molar-refractivity contribution >= 4 is 5.91 Å². The van der Waals surface area contributed by atoms with Gasteiger partial charge in [0, 0.05) is 43.5 Å². The molecule has 0 unspecified atom stereocenters. The highest BCUT2D eigenvalue weighted by atomic mass is 16.5. The number of nitrogens with zero attached hydrogens (tertiary/aromatic N) is 3. The number of methoxy groups -OCH3 is 1. The van der Waals surface area contributed by atoms with E-state index in [0.717, 1.165) is 31.8 Å². The van der Waals surface area contributed by atoms with Crippen molar-refractivity contribution in [2.24, 2.45) is 0 Å². The number of imidazole rings is 1. The Morgan fingerprint density at radius 3 is 2.56 bits per heavy atom. The van der Waals surface area contributed by atoms with Crippen molar-refractivity contribution in [1.82, 2.24) is 14.5 Å². The van der Waals surface area contributed by atoms with Crippen molar-refractivity contribution in [2.75, 3.05) is 20.2 Å². The lowest BCUT2D eigenvalue weighted by Crippen LogP contribution is -2.44. The first-order valence-electron chi connectivity index (χ1n) is 9.61. The van der Waals surface area contributed by atoms with Crippen LogP contribution >= 0.6 is 0 Å². The van der Waals surface area contributed by atoms with Crippen molar-refractivity contribution in [3.8, 4) is 11.5 Å². The zero-order chi connectivity index (χ0) is 19.4. The topological polar surface area (TPSA) is 56.6 Å². The molecule has 1 saturated heterocycles. The fraction of sp³-hybridized carbons (Fsp3) is 0.524. The zero-order valence-corrected chi connectivity index (χ0v) is 16.6. The number of ether oxygens (including phenoxy) is 2. The molecule has 0 saturated carbocycles. The Kier molecular flexibility index (Phi) is 6.04. The van der Waals surface area contributed by atoms with E-state index in [1.165, 1.54) is 0 Å². The fourth-order valence-electron chi connectivity index (χ4n) is 3.62. The van der Waals surface area contributed by atoms with Crippen LogP contribution in [-0.4, -0.2) is 46.7 Å². The molecule has 1 amide bonds. The van der Waals surface area contributed by atoms with Crippen LogP contribution in [0.3, 0.4) is 0 Å². The molecule has 3 rings (SSSR count). The largest absolute Gasteiger partial charge is 0.497 e. The van der Waals surface area contributed by atoms with E-state index >= 15 is 0 Å². The zero-order valence-electron chi connectivity index (χ0n) is 16.6. The first-order valence-corrected chi connectivity index (χ1v) is 9.61. The van der Waals surface area contributed by atoms with Gasteiger partial charge >= 0.3 is 0 Å². The van der Waals surface area contributed by atoms with E-state index in [0.29, 0.717) is 23.5 Å². The molecule has 0 bridgehead atoms. The number of likely N-dealkylation sites (tertiary alicyclic amines) is 1. The third kappa shape index (κ3) is 4.43. The maximum absolute atomic E-state index is 12.8. The molecule has 1 aromatic heterocycles. The van der Waals surface area contributed by atoms with Crippen LogP contribution in [0, 0.1) is 0 Å². The molecule has 1 fully saturated rings. The number of carbonyl (C=O) groups is 1. The Hall–Kier alpha value is -2.50. The van der Waals surface area contributed by atoms with E-state index in [1.807, 2.05) is 35.5 Å². The Morgan fingerprint density at radius 2 is 1.89 bits per heavy atom. The summed E-state index contributed by atoms with van der Waals surface area (Å²) in [7, 11) is 1.61. The number of hydrogen-bond acceptors (Lipinski definition) is 4. The lowest BCUT2D eigenvalue weighted by Gasteiger charge is -2.33. The number of rotatable bonds is 6. The normalized spacial score (nSPS) is 16.4. The molecule has 0 aliphatic carbocycles. The van der Waals surface area contributed by atoms with Gasteiger partial charge in [0.05, 0.1) is 7.11 Å². The van der Waals surface area contributed by atoms with Gasteiger partial charge in [0.1, 0.15) is 17.3 Å². The lowest BCUT2D eigenvalue weighted by atomic mass is 9.95. The molecule has 1 aliphatic rings. The predicted octanol–water partition coefficient (Wildman–Crippen LogP) is 3.65. The van der Waals surface area contributed by atoms with Gasteiger partial charge in [-0.25, -0.2) is 4.98 Å². The van der Waals surface area contributed by atoms with Gasteiger partial charge in [0.25, 0.3) is 5.91 Å². The molecule has 2 aromatic rings. The van der Waals surface area contributed by atoms with Gasteiger partial charge in [-0.1, -0.05) is 6.07 Å². The molecule has 6 heteroatoms. The van der Waals surface area contributed by atoms with Crippen LogP contribution in [0.5, 0.6) is 11.5 Å². The quantitative estimate of drug-likeness (QED) is 0.778. The second kappa shape index (κ2) is 8.46. The van der Waals surface area contributed by atoms with Gasteiger partial charge in [-0.3, -0.25) is 4.79 Å². The van der Waals surface area contributed by atoms with Gasteiger partial charge in [0.2, 0.25) is 0 Å². The van der Waals surface area contributed by atoms with Gasteiger partial charge in [-0.2, -0.15) is 0 Å². The third-order valence-corrected chi connectivity index (χ3v) is 5.13. The molecule has 6 nitrogen and oxygen atoms in total. The number of benzene rings is 1. The molecule has 2 heterocycles. The van der Waals surface area contributed by atoms with Crippen LogP contribution in [0.2, 0.25) is 0 Å². The second-order valence-electron chi connectivity index (χ2n) is 7.33. The van der Waals surface area contributed by atoms with Crippen LogP contribution in [0.1, 0.15) is 51.4 Å². The molecule has 0 spiro atoms. The molecular formula is C21H29N3O3. The average molecular weight is 371 g/mol. The highest BCUT2D eigenvalue weighted by Gasteiger charge is 2.29. The predicted molar refractivity (Wildman–Crippen MR) is 104 cm³/mol. The minimum atomic E-state index is -0.522. The standard InChI is InChI=1S/C21H29N3O3/c1-15(2)24-13-10-22-20(24)17-8-11-23(12-9-17)21(25)16(3)27-19-7-5-6-18(14-19)26-4/h5-7,10,13-17H,8-9,11-12H2,1-4H3/t16-/m0/s1. The van der Waals surface area contributed by atoms with Gasteiger partial charge in [0.15, 0.2) is 6.10 Å². The summed E-state index contributed by atoms with van der Waals surface area (Å²) in [5.74, 6) is 2.93. The number of piperidine rings is 1. The number of hydrogen-bond donors (Lipinski definition) is 0. The Balaban J connectivity index is 1.57. The first-order chi connectivity index (χ1) is 13.0. The molecule has 1 atom stereocenters. The number of carbonyl (C=O) groups excluding carboxylic acids is 1. The van der Waals surface area contributed by atoms with Gasteiger partial charge in [-0.15, -0.1) is 0 Å². The summed E-state index contributed by atoms with van der Waals surface area (Å²) in [6.45, 7) is 7.61. The summed E-state index contributed by atoms with van der Waals surface area (Å²) in [4.78, 5) is 19.2. The Morgan fingerprint density at radius 1 is 1.19 bits per heavy atom. The van der Waals surface area contributed by atoms with E-state index in [-0.39, 0.29) is 5.91 Å². The van der Waals surface area contributed by atoms with Crippen LogP contribution in [-0.2, 0) is 4.79 Å². The molecule has 1 aliphatic heterocycles. The molecule has 0 radical (unpaired) electrons. The van der Waals surface area contributed by atoms with E-state index in [1.54, 1.807) is 20.1 Å². The Bertz CT molecular complexity index is 764. The monoisotopic (exact) mass is 371 g/mol. The van der Waals surface area contributed by atoms with Crippen molar-refractivity contribution in [3.63, 3.8) is 0 Å². The highest BCUT2D eigenvalue weighted by Crippen LogP contribution is 2.29. The van der Waals surface area contributed by atoms with Crippen LogP contribution in [0.25, 0.3) is 0 Å². The highest BCUT2D eigenvalue weighted by molar-refractivity contribution is 5.81. The van der Waals surface area contributed by atoms with Gasteiger partial charge in [-0.05, 0) is 45.7 Å². The summed E-state index contributed by atoms with van der Waals surface area (Å²) >= 11 is 0. The lowest BCUT2D eigenvalue weighted by molar-refractivity contribution is -0.139. The summed E-state index contributed by atoms with van der Waals surface area (Å²) in [5, 5.41) is 0. The maximum atomic E-state index is 12.8.